The number of ether oxygens (including phenoxy) is 2. The first-order chi connectivity index (χ1) is 13.2. The van der Waals surface area contributed by atoms with Gasteiger partial charge < -0.3 is 19.4 Å². The van der Waals surface area contributed by atoms with E-state index in [0.717, 1.165) is 45.3 Å². The fourth-order valence-electron chi connectivity index (χ4n) is 5.96. The molecule has 0 aromatic carbocycles. The molecular weight excluding hydrogens is 342 g/mol. The van der Waals surface area contributed by atoms with Crippen LogP contribution in [0.1, 0.15) is 90.4 Å². The van der Waals surface area contributed by atoms with E-state index in [0.29, 0.717) is 5.92 Å². The van der Waals surface area contributed by atoms with Gasteiger partial charge in [0, 0.05) is 18.4 Å². The highest BCUT2D eigenvalue weighted by Crippen LogP contribution is 2.50. The monoisotopic (exact) mass is 383 g/mol. The Labute approximate surface area is 165 Å². The average Bonchev–Trinajstić information content (AvgIpc) is 3.30. The highest BCUT2D eigenvalue weighted by molar-refractivity contribution is 5.03. The number of rotatable bonds is 10. The van der Waals surface area contributed by atoms with Crippen LogP contribution in [0.5, 0.6) is 0 Å². The molecule has 1 spiro atoms. The van der Waals surface area contributed by atoms with Crippen LogP contribution in [0.3, 0.4) is 0 Å². The summed E-state index contributed by atoms with van der Waals surface area (Å²) in [5.74, 6) is 0.252. The Morgan fingerprint density at radius 1 is 1.04 bits per heavy atom. The third-order valence-electron chi connectivity index (χ3n) is 7.36. The molecule has 1 saturated carbocycles. The Morgan fingerprint density at radius 3 is 2.56 bits per heavy atom. The second-order valence-corrected chi connectivity index (χ2v) is 8.89. The lowest BCUT2D eigenvalue weighted by Gasteiger charge is -2.48. The van der Waals surface area contributed by atoms with Crippen molar-refractivity contribution in [1.82, 2.24) is 5.06 Å². The summed E-state index contributed by atoms with van der Waals surface area (Å²) in [6.45, 7) is 3.92. The normalized spacial score (nSPS) is 33.9. The van der Waals surface area contributed by atoms with Crippen molar-refractivity contribution >= 4 is 0 Å². The molecule has 3 fully saturated rings. The number of hydrogen-bond acceptors (Lipinski definition) is 5. The second kappa shape index (κ2) is 10.0. The Bertz CT molecular complexity index is 440. The maximum atomic E-state index is 9.79. The molecule has 0 radical (unpaired) electrons. The maximum Gasteiger partial charge on any atom is 0.168 e. The van der Waals surface area contributed by atoms with E-state index < -0.39 is 0 Å². The van der Waals surface area contributed by atoms with E-state index in [1.807, 2.05) is 0 Å². The third-order valence-corrected chi connectivity index (χ3v) is 7.36. The van der Waals surface area contributed by atoms with Gasteiger partial charge in [0.2, 0.25) is 0 Å². The maximum absolute atomic E-state index is 9.79. The largest absolute Gasteiger partial charge is 0.395 e. The van der Waals surface area contributed by atoms with Crippen LogP contribution in [0.25, 0.3) is 0 Å². The second-order valence-electron chi connectivity index (χ2n) is 8.89. The smallest absolute Gasteiger partial charge is 0.168 e. The topological polar surface area (TPSA) is 51.2 Å². The predicted octanol–water partition coefficient (Wildman–Crippen LogP) is 4.43. The average molecular weight is 384 g/mol. The molecule has 3 aliphatic rings. The van der Waals surface area contributed by atoms with Gasteiger partial charge in [-0.15, -0.1) is 0 Å². The van der Waals surface area contributed by atoms with Crippen molar-refractivity contribution in [3.63, 3.8) is 0 Å². The minimum atomic E-state index is -0.348. The molecule has 2 unspecified atom stereocenters. The number of hydrogen-bond donors (Lipinski definition) is 1. The van der Waals surface area contributed by atoms with Gasteiger partial charge in [0.05, 0.1) is 33.0 Å². The van der Waals surface area contributed by atoms with Crippen LogP contribution in [0.2, 0.25) is 0 Å². The quantitative estimate of drug-likeness (QED) is 0.566. The zero-order valence-electron chi connectivity index (χ0n) is 17.6. The van der Waals surface area contributed by atoms with E-state index in [1.54, 1.807) is 7.11 Å². The van der Waals surface area contributed by atoms with E-state index in [1.165, 1.54) is 51.4 Å². The van der Waals surface area contributed by atoms with E-state index >= 15 is 0 Å². The van der Waals surface area contributed by atoms with E-state index in [9.17, 15) is 5.11 Å². The van der Waals surface area contributed by atoms with Crippen molar-refractivity contribution in [2.75, 3.05) is 26.9 Å². The van der Waals surface area contributed by atoms with Crippen LogP contribution in [-0.2, 0) is 14.3 Å². The fourth-order valence-corrected chi connectivity index (χ4v) is 5.96. The highest BCUT2D eigenvalue weighted by Gasteiger charge is 2.53. The Morgan fingerprint density at radius 2 is 1.85 bits per heavy atom. The minimum absolute atomic E-state index is 0.0996. The zero-order valence-corrected chi connectivity index (χ0v) is 17.6. The predicted molar refractivity (Wildman–Crippen MR) is 106 cm³/mol. The molecule has 5 nitrogen and oxygen atoms in total. The van der Waals surface area contributed by atoms with Crippen molar-refractivity contribution in [1.29, 1.82) is 0 Å². The van der Waals surface area contributed by atoms with E-state index in [4.69, 9.17) is 14.3 Å². The van der Waals surface area contributed by atoms with Crippen molar-refractivity contribution in [2.24, 2.45) is 5.92 Å². The Kier molecular flexibility index (Phi) is 7.98. The van der Waals surface area contributed by atoms with Crippen LogP contribution in [-0.4, -0.2) is 54.5 Å². The van der Waals surface area contributed by atoms with Gasteiger partial charge in [0.25, 0.3) is 0 Å². The van der Waals surface area contributed by atoms with E-state index in [2.05, 4.69) is 12.0 Å². The molecule has 0 aromatic heterocycles. The molecule has 2 saturated heterocycles. The number of hydroxylamine groups is 2. The lowest BCUT2D eigenvalue weighted by Crippen LogP contribution is -2.54. The zero-order chi connectivity index (χ0) is 19.2. The SMILES string of the molecule is CCCCCCC1(CCC2CCCCC23CC[C@@H](CO)N3OC)OCCO1. The molecule has 1 N–H and O–H groups in total. The van der Waals surface area contributed by atoms with Gasteiger partial charge in [0.15, 0.2) is 5.79 Å². The number of aliphatic hydroxyl groups is 1. The van der Waals surface area contributed by atoms with Gasteiger partial charge in [-0.3, -0.25) is 0 Å². The first-order valence-corrected chi connectivity index (χ1v) is 11.4. The lowest BCUT2D eigenvalue weighted by atomic mass is 9.69. The summed E-state index contributed by atoms with van der Waals surface area (Å²) in [6, 6.07) is 0.151. The van der Waals surface area contributed by atoms with Crippen molar-refractivity contribution in [3.8, 4) is 0 Å². The van der Waals surface area contributed by atoms with Gasteiger partial charge in [-0.1, -0.05) is 39.0 Å². The highest BCUT2D eigenvalue weighted by atomic mass is 16.7. The van der Waals surface area contributed by atoms with Crippen LogP contribution in [0, 0.1) is 5.92 Å². The van der Waals surface area contributed by atoms with Gasteiger partial charge in [-0.25, -0.2) is 0 Å². The summed E-state index contributed by atoms with van der Waals surface area (Å²) in [4.78, 5) is 5.84. The fraction of sp³-hybridized carbons (Fsp3) is 1.00. The Balaban J connectivity index is 1.63. The summed E-state index contributed by atoms with van der Waals surface area (Å²) >= 11 is 0. The summed E-state index contributed by atoms with van der Waals surface area (Å²) < 4.78 is 12.3. The molecule has 1 aliphatic carbocycles. The van der Waals surface area contributed by atoms with Crippen molar-refractivity contribution in [2.45, 2.75) is 108 Å². The van der Waals surface area contributed by atoms with Gasteiger partial charge in [0.1, 0.15) is 0 Å². The third kappa shape index (κ3) is 4.69. The van der Waals surface area contributed by atoms with Crippen LogP contribution in [0.15, 0.2) is 0 Å². The molecule has 2 aliphatic heterocycles. The van der Waals surface area contributed by atoms with Crippen LogP contribution < -0.4 is 0 Å². The molecule has 3 rings (SSSR count). The molecular formula is C22H41NO4. The van der Waals surface area contributed by atoms with Gasteiger partial charge >= 0.3 is 0 Å². The van der Waals surface area contributed by atoms with Gasteiger partial charge in [-0.05, 0) is 44.4 Å². The molecule has 3 atom stereocenters. The molecule has 158 valence electrons. The van der Waals surface area contributed by atoms with Crippen molar-refractivity contribution in [3.05, 3.63) is 0 Å². The van der Waals surface area contributed by atoms with Crippen molar-refractivity contribution < 1.29 is 19.4 Å². The lowest BCUT2D eigenvalue weighted by molar-refractivity contribution is -0.235. The molecule has 5 heteroatoms. The first kappa shape index (κ1) is 21.5. The molecule has 0 amide bonds. The molecule has 2 heterocycles. The number of nitrogens with zero attached hydrogens (tertiary/aromatic N) is 1. The molecule has 0 bridgehead atoms. The van der Waals surface area contributed by atoms with Gasteiger partial charge in [-0.2, -0.15) is 5.06 Å². The minimum Gasteiger partial charge on any atom is -0.395 e. The Hall–Kier alpha value is -0.200. The molecule has 0 aromatic rings. The summed E-state index contributed by atoms with van der Waals surface area (Å²) in [7, 11) is 1.78. The summed E-state index contributed by atoms with van der Waals surface area (Å²) in [5.41, 5.74) is 0.0996. The van der Waals surface area contributed by atoms with Crippen LogP contribution in [0.4, 0.5) is 0 Å². The molecule has 27 heavy (non-hydrogen) atoms. The summed E-state index contributed by atoms with van der Waals surface area (Å²) in [5, 5.41) is 12.0. The van der Waals surface area contributed by atoms with E-state index in [-0.39, 0.29) is 24.0 Å². The number of unbranched alkanes of at least 4 members (excludes halogenated alkanes) is 3. The number of aliphatic hydroxyl groups excluding tert-OH is 1. The summed E-state index contributed by atoms with van der Waals surface area (Å²) in [6.07, 6.45) is 15.4. The van der Waals surface area contributed by atoms with Crippen LogP contribution >= 0.6 is 0 Å². The first-order valence-electron chi connectivity index (χ1n) is 11.4. The standard InChI is InChI=1S/C22H41NO4/c1-3-4-5-7-13-22(26-16-17-27-22)15-10-19-9-6-8-12-21(19)14-11-20(18-24)23(21)25-2/h19-20,24H,3-18H2,1-2H3/t19?,20-,21?/m0/s1.